The van der Waals surface area contributed by atoms with Crippen LogP contribution in [0.3, 0.4) is 0 Å². The molecule has 0 spiro atoms. The minimum Gasteiger partial charge on any atom is -0.333 e. The first kappa shape index (κ1) is 16.6. The Morgan fingerprint density at radius 1 is 1.19 bits per heavy atom. The molecular formula is C18H19N5O2S. The van der Waals surface area contributed by atoms with Gasteiger partial charge in [0, 0.05) is 11.4 Å². The molecule has 0 fully saturated rings. The molecule has 2 amide bonds. The summed E-state index contributed by atoms with van der Waals surface area (Å²) in [4.78, 5) is 33.4. The van der Waals surface area contributed by atoms with Gasteiger partial charge in [0.2, 0.25) is 5.95 Å². The summed E-state index contributed by atoms with van der Waals surface area (Å²) in [6, 6.07) is 9.21. The SMILES string of the molecule is O=C(NCc1ccccc1)NNc1nc2sc3c(c2c(=O)[nH]1)CCCC3. The summed E-state index contributed by atoms with van der Waals surface area (Å²) in [6.45, 7) is 0.412. The van der Waals surface area contributed by atoms with Crippen LogP contribution < -0.4 is 21.7 Å². The van der Waals surface area contributed by atoms with Crippen LogP contribution in [0.1, 0.15) is 28.8 Å². The quantitative estimate of drug-likeness (QED) is 0.531. The van der Waals surface area contributed by atoms with E-state index < -0.39 is 6.03 Å². The van der Waals surface area contributed by atoms with Crippen molar-refractivity contribution >= 4 is 33.5 Å². The molecule has 0 saturated carbocycles. The van der Waals surface area contributed by atoms with Crippen LogP contribution in [-0.4, -0.2) is 16.0 Å². The molecule has 0 bridgehead atoms. The van der Waals surface area contributed by atoms with E-state index in [2.05, 4.69) is 26.1 Å². The number of H-pyrrole nitrogens is 1. The number of amides is 2. The second-order valence-corrected chi connectivity index (χ2v) is 7.31. The van der Waals surface area contributed by atoms with E-state index in [1.54, 1.807) is 11.3 Å². The van der Waals surface area contributed by atoms with E-state index in [9.17, 15) is 9.59 Å². The van der Waals surface area contributed by atoms with Gasteiger partial charge >= 0.3 is 6.03 Å². The molecule has 4 rings (SSSR count). The Morgan fingerprint density at radius 3 is 2.85 bits per heavy atom. The number of hydrazine groups is 1. The smallest absolute Gasteiger partial charge is 0.333 e. The Labute approximate surface area is 153 Å². The zero-order valence-electron chi connectivity index (χ0n) is 14.1. The monoisotopic (exact) mass is 369 g/mol. The summed E-state index contributed by atoms with van der Waals surface area (Å²) in [6.07, 6.45) is 4.22. The highest BCUT2D eigenvalue weighted by Gasteiger charge is 2.19. The molecule has 2 heterocycles. The number of carbonyl (C=O) groups excluding carboxylic acids is 1. The van der Waals surface area contributed by atoms with Crippen LogP contribution >= 0.6 is 11.3 Å². The van der Waals surface area contributed by atoms with Crippen LogP contribution in [0.25, 0.3) is 10.2 Å². The predicted octanol–water partition coefficient (Wildman–Crippen LogP) is 2.69. The van der Waals surface area contributed by atoms with Crippen LogP contribution in [0.2, 0.25) is 0 Å². The zero-order valence-corrected chi connectivity index (χ0v) is 14.9. The lowest BCUT2D eigenvalue weighted by Gasteiger charge is -2.10. The van der Waals surface area contributed by atoms with Crippen molar-refractivity contribution in [1.29, 1.82) is 0 Å². The lowest BCUT2D eigenvalue weighted by molar-refractivity contribution is 0.242. The fraction of sp³-hybridized carbons (Fsp3) is 0.278. The summed E-state index contributed by atoms with van der Waals surface area (Å²) in [5.41, 5.74) is 7.15. The number of urea groups is 1. The number of hydrogen-bond donors (Lipinski definition) is 4. The number of anilines is 1. The van der Waals surface area contributed by atoms with Crippen LogP contribution in [0.15, 0.2) is 35.1 Å². The normalized spacial score (nSPS) is 13.2. The first-order valence-electron chi connectivity index (χ1n) is 8.59. The standard InChI is InChI=1S/C18H19N5O2S/c24-15-14-12-8-4-5-9-13(12)26-16(14)21-17(20-15)22-23-18(25)19-10-11-6-2-1-3-7-11/h1-3,6-7H,4-5,8-10H2,(H2,19,23,25)(H2,20,21,22,24). The van der Waals surface area contributed by atoms with Crippen molar-refractivity contribution in [3.63, 3.8) is 0 Å². The van der Waals surface area contributed by atoms with Crippen LogP contribution in [0, 0.1) is 0 Å². The maximum absolute atomic E-state index is 12.4. The number of nitrogens with one attached hydrogen (secondary N) is 4. The van der Waals surface area contributed by atoms with Crippen molar-refractivity contribution < 1.29 is 4.79 Å². The number of aromatic nitrogens is 2. The molecule has 134 valence electrons. The molecule has 0 unspecified atom stereocenters. The summed E-state index contributed by atoms with van der Waals surface area (Å²) in [5.74, 6) is 0.232. The fourth-order valence-corrected chi connectivity index (χ4v) is 4.42. The maximum atomic E-state index is 12.4. The molecule has 0 saturated heterocycles. The minimum absolute atomic E-state index is 0.164. The lowest BCUT2D eigenvalue weighted by Crippen LogP contribution is -2.39. The van der Waals surface area contributed by atoms with Gasteiger partial charge in [-0.2, -0.15) is 0 Å². The third-order valence-electron chi connectivity index (χ3n) is 4.42. The van der Waals surface area contributed by atoms with Gasteiger partial charge in [0.15, 0.2) is 0 Å². The molecule has 1 aliphatic rings. The lowest BCUT2D eigenvalue weighted by atomic mass is 9.97. The average molecular weight is 369 g/mol. The summed E-state index contributed by atoms with van der Waals surface area (Å²) < 4.78 is 0. The minimum atomic E-state index is -0.401. The summed E-state index contributed by atoms with van der Waals surface area (Å²) >= 11 is 1.57. The number of nitrogens with zero attached hydrogens (tertiary/aromatic N) is 1. The molecule has 26 heavy (non-hydrogen) atoms. The van der Waals surface area contributed by atoms with Gasteiger partial charge in [-0.15, -0.1) is 11.3 Å². The number of hydrogen-bond acceptors (Lipinski definition) is 5. The van der Waals surface area contributed by atoms with E-state index in [0.29, 0.717) is 11.9 Å². The Bertz CT molecular complexity index is 996. The van der Waals surface area contributed by atoms with Gasteiger partial charge in [0.1, 0.15) is 4.83 Å². The number of aryl methyl sites for hydroxylation is 2. The van der Waals surface area contributed by atoms with Gasteiger partial charge in [-0.3, -0.25) is 15.2 Å². The molecule has 2 aromatic heterocycles. The van der Waals surface area contributed by atoms with Crippen molar-refractivity contribution in [3.05, 3.63) is 56.7 Å². The number of carbonyl (C=O) groups is 1. The Balaban J connectivity index is 1.42. The summed E-state index contributed by atoms with van der Waals surface area (Å²) in [7, 11) is 0. The van der Waals surface area contributed by atoms with Crippen molar-refractivity contribution in [2.75, 3.05) is 5.43 Å². The number of benzene rings is 1. The third-order valence-corrected chi connectivity index (χ3v) is 5.60. The molecule has 8 heteroatoms. The zero-order chi connectivity index (χ0) is 17.9. The molecule has 0 atom stereocenters. The maximum Gasteiger partial charge on any atom is 0.333 e. The van der Waals surface area contributed by atoms with E-state index in [-0.39, 0.29) is 11.5 Å². The van der Waals surface area contributed by atoms with Gasteiger partial charge in [0.25, 0.3) is 5.56 Å². The molecular weight excluding hydrogens is 350 g/mol. The number of fused-ring (bicyclic) bond motifs is 3. The van der Waals surface area contributed by atoms with Crippen LogP contribution in [0.5, 0.6) is 0 Å². The molecule has 3 aromatic rings. The van der Waals surface area contributed by atoms with E-state index in [4.69, 9.17) is 0 Å². The number of aromatic amines is 1. The molecule has 0 aliphatic heterocycles. The van der Waals surface area contributed by atoms with Crippen molar-refractivity contribution in [2.45, 2.75) is 32.2 Å². The van der Waals surface area contributed by atoms with Crippen LogP contribution in [0.4, 0.5) is 10.7 Å². The second-order valence-electron chi connectivity index (χ2n) is 6.22. The van der Waals surface area contributed by atoms with Crippen molar-refractivity contribution in [2.24, 2.45) is 0 Å². The number of thiophene rings is 1. The highest BCUT2D eigenvalue weighted by atomic mass is 32.1. The Kier molecular flexibility index (Phi) is 4.57. The van der Waals surface area contributed by atoms with Gasteiger partial charge in [-0.25, -0.2) is 15.2 Å². The molecule has 4 N–H and O–H groups in total. The largest absolute Gasteiger partial charge is 0.333 e. The molecule has 1 aromatic carbocycles. The van der Waals surface area contributed by atoms with E-state index in [1.165, 1.54) is 4.88 Å². The topological polar surface area (TPSA) is 98.9 Å². The summed E-state index contributed by atoms with van der Waals surface area (Å²) in [5, 5.41) is 3.43. The Morgan fingerprint density at radius 2 is 2.00 bits per heavy atom. The average Bonchev–Trinajstić information content (AvgIpc) is 3.04. The van der Waals surface area contributed by atoms with Gasteiger partial charge in [0.05, 0.1) is 5.39 Å². The molecule has 0 radical (unpaired) electrons. The van der Waals surface area contributed by atoms with E-state index in [0.717, 1.165) is 41.6 Å². The number of rotatable bonds is 4. The first-order valence-corrected chi connectivity index (χ1v) is 9.41. The highest BCUT2D eigenvalue weighted by molar-refractivity contribution is 7.18. The first-order chi connectivity index (χ1) is 12.7. The van der Waals surface area contributed by atoms with Crippen molar-refractivity contribution in [1.82, 2.24) is 20.7 Å². The van der Waals surface area contributed by atoms with Crippen molar-refractivity contribution in [3.8, 4) is 0 Å². The van der Waals surface area contributed by atoms with Gasteiger partial charge in [-0.05, 0) is 36.8 Å². The molecule has 1 aliphatic carbocycles. The van der Waals surface area contributed by atoms with E-state index >= 15 is 0 Å². The molecule has 7 nitrogen and oxygen atoms in total. The predicted molar refractivity (Wildman–Crippen MR) is 102 cm³/mol. The van der Waals surface area contributed by atoms with Crippen LogP contribution in [-0.2, 0) is 19.4 Å². The Hall–Kier alpha value is -2.87. The fourth-order valence-electron chi connectivity index (χ4n) is 3.16. The van der Waals surface area contributed by atoms with E-state index in [1.807, 2.05) is 30.3 Å². The highest BCUT2D eigenvalue weighted by Crippen LogP contribution is 2.33. The second kappa shape index (κ2) is 7.17. The third kappa shape index (κ3) is 3.41. The van der Waals surface area contributed by atoms with Gasteiger partial charge < -0.3 is 5.32 Å². The van der Waals surface area contributed by atoms with Gasteiger partial charge in [-0.1, -0.05) is 30.3 Å².